The Labute approximate surface area is 214 Å². The van der Waals surface area contributed by atoms with Crippen molar-refractivity contribution in [3.8, 4) is 5.75 Å². The second-order valence-electron chi connectivity index (χ2n) is 8.99. The fourth-order valence-electron chi connectivity index (χ4n) is 4.33. The number of ether oxygens (including phenoxy) is 2. The SMILES string of the molecule is CS(=O)(=O)Nc1ccccc1OC/C=C\CN1CCC(OC(c2ccccc2)c2ccccc2)CC1. The number of benzene rings is 3. The average Bonchev–Trinajstić information content (AvgIpc) is 2.89. The van der Waals surface area contributed by atoms with Gasteiger partial charge in [0.05, 0.1) is 18.0 Å². The van der Waals surface area contributed by atoms with E-state index in [9.17, 15) is 8.42 Å². The van der Waals surface area contributed by atoms with E-state index >= 15 is 0 Å². The molecule has 6 nitrogen and oxygen atoms in total. The first kappa shape index (κ1) is 25.9. The highest BCUT2D eigenvalue weighted by Crippen LogP contribution is 2.30. The summed E-state index contributed by atoms with van der Waals surface area (Å²) < 4.78 is 38.0. The van der Waals surface area contributed by atoms with Gasteiger partial charge in [0.1, 0.15) is 18.5 Å². The van der Waals surface area contributed by atoms with E-state index in [0.717, 1.165) is 38.7 Å². The van der Waals surface area contributed by atoms with Crippen LogP contribution in [0.1, 0.15) is 30.1 Å². The lowest BCUT2D eigenvalue weighted by atomic mass is 10.00. The smallest absolute Gasteiger partial charge is 0.229 e. The van der Waals surface area contributed by atoms with Crippen molar-refractivity contribution >= 4 is 15.7 Å². The molecule has 7 heteroatoms. The summed E-state index contributed by atoms with van der Waals surface area (Å²) in [4.78, 5) is 2.41. The standard InChI is InChI=1S/C29H34N2O4S/c1-36(32,33)30-27-16-8-9-17-28(27)34-23-11-10-20-31-21-18-26(19-22-31)35-29(24-12-4-2-5-13-24)25-14-6-3-7-15-25/h2-17,26,29-30H,18-23H2,1H3/b11-10-. The van der Waals surface area contributed by atoms with E-state index in [-0.39, 0.29) is 12.2 Å². The lowest BCUT2D eigenvalue weighted by Crippen LogP contribution is -2.37. The van der Waals surface area contributed by atoms with Crippen LogP contribution < -0.4 is 9.46 Å². The number of rotatable bonds is 11. The van der Waals surface area contributed by atoms with Gasteiger partial charge in [-0.05, 0) is 36.1 Å². The van der Waals surface area contributed by atoms with Crippen molar-refractivity contribution in [2.75, 3.05) is 37.2 Å². The van der Waals surface area contributed by atoms with Gasteiger partial charge in [0, 0.05) is 19.6 Å². The minimum atomic E-state index is -3.36. The van der Waals surface area contributed by atoms with Gasteiger partial charge < -0.3 is 9.47 Å². The lowest BCUT2D eigenvalue weighted by Gasteiger charge is -2.33. The van der Waals surface area contributed by atoms with Crippen LogP contribution in [-0.2, 0) is 14.8 Å². The zero-order chi connectivity index (χ0) is 25.2. The highest BCUT2D eigenvalue weighted by molar-refractivity contribution is 7.92. The van der Waals surface area contributed by atoms with E-state index in [1.165, 1.54) is 11.1 Å². The number of nitrogens with one attached hydrogen (secondary N) is 1. The molecule has 0 atom stereocenters. The predicted octanol–water partition coefficient (Wildman–Crippen LogP) is 5.26. The van der Waals surface area contributed by atoms with E-state index in [1.807, 2.05) is 24.3 Å². The Hall–Kier alpha value is -3.13. The van der Waals surface area contributed by atoms with Crippen LogP contribution in [0.3, 0.4) is 0 Å². The Morgan fingerprint density at radius 3 is 2.08 bits per heavy atom. The topological polar surface area (TPSA) is 67.9 Å². The maximum atomic E-state index is 11.5. The first-order valence-corrected chi connectivity index (χ1v) is 14.2. The van der Waals surface area contributed by atoms with Crippen LogP contribution in [0, 0.1) is 0 Å². The Morgan fingerprint density at radius 2 is 1.47 bits per heavy atom. The molecular weight excluding hydrogens is 472 g/mol. The van der Waals surface area contributed by atoms with Gasteiger partial charge in [0.15, 0.2) is 0 Å². The summed E-state index contributed by atoms with van der Waals surface area (Å²) >= 11 is 0. The molecule has 0 amide bonds. The molecule has 0 aromatic heterocycles. The molecule has 1 fully saturated rings. The van der Waals surface area contributed by atoms with Gasteiger partial charge >= 0.3 is 0 Å². The number of hydrogen-bond donors (Lipinski definition) is 1. The van der Waals surface area contributed by atoms with Gasteiger partial charge in [-0.25, -0.2) is 8.42 Å². The van der Waals surface area contributed by atoms with Gasteiger partial charge in [-0.3, -0.25) is 9.62 Å². The maximum absolute atomic E-state index is 11.5. The molecule has 1 N–H and O–H groups in total. The molecule has 1 heterocycles. The summed E-state index contributed by atoms with van der Waals surface area (Å²) in [6, 6.07) is 27.9. The van der Waals surface area contributed by atoms with Crippen LogP contribution in [0.25, 0.3) is 0 Å². The number of para-hydroxylation sites is 2. The Bertz CT molecular complexity index is 1170. The molecule has 3 aromatic carbocycles. The number of nitrogens with zero attached hydrogens (tertiary/aromatic N) is 1. The zero-order valence-corrected chi connectivity index (χ0v) is 21.4. The molecular formula is C29H34N2O4S. The van der Waals surface area contributed by atoms with Crippen molar-refractivity contribution in [1.29, 1.82) is 0 Å². The first-order valence-electron chi connectivity index (χ1n) is 12.3. The maximum Gasteiger partial charge on any atom is 0.229 e. The molecule has 1 aliphatic heterocycles. The van der Waals surface area contributed by atoms with Crippen LogP contribution in [0.15, 0.2) is 97.1 Å². The number of piperidine rings is 1. The van der Waals surface area contributed by atoms with E-state index in [1.54, 1.807) is 18.2 Å². The van der Waals surface area contributed by atoms with Crippen LogP contribution in [0.5, 0.6) is 5.75 Å². The highest BCUT2D eigenvalue weighted by Gasteiger charge is 2.24. The summed E-state index contributed by atoms with van der Waals surface area (Å²) in [6.07, 6.45) is 7.35. The largest absolute Gasteiger partial charge is 0.487 e. The number of likely N-dealkylation sites (tertiary alicyclic amines) is 1. The van der Waals surface area contributed by atoms with Crippen molar-refractivity contribution in [1.82, 2.24) is 4.90 Å². The first-order chi connectivity index (χ1) is 17.5. The van der Waals surface area contributed by atoms with Gasteiger partial charge in [0.2, 0.25) is 10.0 Å². The average molecular weight is 507 g/mol. The minimum Gasteiger partial charge on any atom is -0.487 e. The summed E-state index contributed by atoms with van der Waals surface area (Å²) in [6.45, 7) is 3.18. The van der Waals surface area contributed by atoms with E-state index < -0.39 is 10.0 Å². The van der Waals surface area contributed by atoms with Crippen LogP contribution in [0.2, 0.25) is 0 Å². The summed E-state index contributed by atoms with van der Waals surface area (Å²) in [5, 5.41) is 0. The molecule has 4 rings (SSSR count). The number of hydrogen-bond acceptors (Lipinski definition) is 5. The molecule has 1 saturated heterocycles. The highest BCUT2D eigenvalue weighted by atomic mass is 32.2. The van der Waals surface area contributed by atoms with E-state index in [2.05, 4.69) is 64.2 Å². The van der Waals surface area contributed by atoms with Crippen molar-refractivity contribution in [3.05, 3.63) is 108 Å². The van der Waals surface area contributed by atoms with Crippen molar-refractivity contribution < 1.29 is 17.9 Å². The van der Waals surface area contributed by atoms with Gasteiger partial charge in [0.25, 0.3) is 0 Å². The van der Waals surface area contributed by atoms with Crippen LogP contribution in [0.4, 0.5) is 5.69 Å². The second-order valence-corrected chi connectivity index (χ2v) is 10.7. The van der Waals surface area contributed by atoms with E-state index in [4.69, 9.17) is 9.47 Å². The number of anilines is 1. The molecule has 0 spiro atoms. The van der Waals surface area contributed by atoms with Gasteiger partial charge in [-0.15, -0.1) is 0 Å². The second kappa shape index (κ2) is 12.7. The lowest BCUT2D eigenvalue weighted by molar-refractivity contribution is -0.0254. The Balaban J connectivity index is 1.24. The monoisotopic (exact) mass is 506 g/mol. The van der Waals surface area contributed by atoms with Crippen LogP contribution in [-0.4, -0.2) is 51.9 Å². The molecule has 36 heavy (non-hydrogen) atoms. The number of sulfonamides is 1. The van der Waals surface area contributed by atoms with Crippen molar-refractivity contribution in [2.24, 2.45) is 0 Å². The van der Waals surface area contributed by atoms with Gasteiger partial charge in [-0.1, -0.05) is 84.9 Å². The van der Waals surface area contributed by atoms with Crippen LogP contribution >= 0.6 is 0 Å². The molecule has 190 valence electrons. The molecule has 0 bridgehead atoms. The molecule has 0 unspecified atom stereocenters. The third-order valence-corrected chi connectivity index (χ3v) is 6.71. The van der Waals surface area contributed by atoms with Crippen molar-refractivity contribution in [3.63, 3.8) is 0 Å². The molecule has 3 aromatic rings. The van der Waals surface area contributed by atoms with Gasteiger partial charge in [-0.2, -0.15) is 0 Å². The molecule has 0 saturated carbocycles. The summed E-state index contributed by atoms with van der Waals surface area (Å²) in [7, 11) is -3.36. The molecule has 0 aliphatic carbocycles. The fraction of sp³-hybridized carbons (Fsp3) is 0.310. The van der Waals surface area contributed by atoms with Crippen molar-refractivity contribution in [2.45, 2.75) is 25.0 Å². The quantitative estimate of drug-likeness (QED) is 0.359. The third kappa shape index (κ3) is 7.95. The van der Waals surface area contributed by atoms with E-state index in [0.29, 0.717) is 18.0 Å². The predicted molar refractivity (Wildman–Crippen MR) is 145 cm³/mol. The molecule has 1 aliphatic rings. The summed E-state index contributed by atoms with van der Waals surface area (Å²) in [5.74, 6) is 0.511. The third-order valence-electron chi connectivity index (χ3n) is 6.12. The molecule has 0 radical (unpaired) electrons. The Kier molecular flexibility index (Phi) is 9.17. The fourth-order valence-corrected chi connectivity index (χ4v) is 4.90. The minimum absolute atomic E-state index is 0.0546. The normalized spacial score (nSPS) is 15.4. The Morgan fingerprint density at radius 1 is 0.889 bits per heavy atom. The summed E-state index contributed by atoms with van der Waals surface area (Å²) in [5.41, 5.74) is 2.81. The zero-order valence-electron chi connectivity index (χ0n) is 20.6.